The fourth-order valence-electron chi connectivity index (χ4n) is 2.30. The molecule has 0 atom stereocenters. The summed E-state index contributed by atoms with van der Waals surface area (Å²) in [5, 5.41) is 5.43. The molecule has 3 aromatic rings. The summed E-state index contributed by atoms with van der Waals surface area (Å²) in [6.07, 6.45) is -4.73. The van der Waals surface area contributed by atoms with Crippen molar-refractivity contribution in [3.05, 3.63) is 64.8 Å². The van der Waals surface area contributed by atoms with E-state index in [1.54, 1.807) is 18.2 Å². The van der Waals surface area contributed by atoms with Crippen LogP contribution in [-0.2, 0) is 16.2 Å². The number of aromatic amines is 1. The molecule has 0 saturated carbocycles. The molecule has 0 saturated heterocycles. The first kappa shape index (κ1) is 18.5. The predicted molar refractivity (Wildman–Crippen MR) is 94.0 cm³/mol. The minimum absolute atomic E-state index is 0.0849. The smallest absolute Gasteiger partial charge is 0.271 e. The van der Waals surface area contributed by atoms with E-state index in [0.29, 0.717) is 4.47 Å². The second-order valence-corrected chi connectivity index (χ2v) is 7.84. The SMILES string of the molecule is O=S(=O)(Nc1n[nH]c(C(F)(F)F)c1-c1ccc(Br)cc1)c1ccccc1. The van der Waals surface area contributed by atoms with Crippen molar-refractivity contribution in [2.45, 2.75) is 11.1 Å². The van der Waals surface area contributed by atoms with Crippen molar-refractivity contribution in [2.24, 2.45) is 0 Å². The molecule has 0 radical (unpaired) electrons. The molecule has 3 rings (SSSR count). The first-order chi connectivity index (χ1) is 12.2. The van der Waals surface area contributed by atoms with E-state index in [9.17, 15) is 21.6 Å². The van der Waals surface area contributed by atoms with E-state index in [1.807, 2.05) is 5.10 Å². The standard InChI is InChI=1S/C16H11BrF3N3O2S/c17-11-8-6-10(7-9-11)13-14(16(18,19)20)21-22-15(13)23-26(24,25)12-4-2-1-3-5-12/h1-9H,(H2,21,22,23). The molecular weight excluding hydrogens is 435 g/mol. The monoisotopic (exact) mass is 445 g/mol. The molecule has 0 unspecified atom stereocenters. The molecule has 0 aliphatic rings. The highest BCUT2D eigenvalue weighted by Crippen LogP contribution is 2.40. The summed E-state index contributed by atoms with van der Waals surface area (Å²) >= 11 is 3.21. The minimum atomic E-state index is -4.73. The Hall–Kier alpha value is -2.33. The Kier molecular flexibility index (Phi) is 4.80. The maximum atomic E-state index is 13.3. The van der Waals surface area contributed by atoms with Gasteiger partial charge in [-0.2, -0.15) is 18.3 Å². The van der Waals surface area contributed by atoms with Crippen molar-refractivity contribution in [1.29, 1.82) is 0 Å². The van der Waals surface area contributed by atoms with E-state index in [0.717, 1.165) is 0 Å². The lowest BCUT2D eigenvalue weighted by Gasteiger charge is -2.11. The van der Waals surface area contributed by atoms with Crippen LogP contribution >= 0.6 is 15.9 Å². The van der Waals surface area contributed by atoms with Gasteiger partial charge >= 0.3 is 6.18 Å². The molecule has 0 spiro atoms. The van der Waals surface area contributed by atoms with Gasteiger partial charge in [-0.25, -0.2) is 8.42 Å². The van der Waals surface area contributed by atoms with Crippen LogP contribution in [0.5, 0.6) is 0 Å². The number of alkyl halides is 3. The molecule has 0 aliphatic heterocycles. The Morgan fingerprint density at radius 3 is 2.19 bits per heavy atom. The Morgan fingerprint density at radius 1 is 1.00 bits per heavy atom. The molecule has 1 heterocycles. The Bertz CT molecular complexity index is 1020. The summed E-state index contributed by atoms with van der Waals surface area (Å²) in [7, 11) is -4.09. The highest BCUT2D eigenvalue weighted by atomic mass is 79.9. The number of nitrogens with zero attached hydrogens (tertiary/aromatic N) is 1. The summed E-state index contributed by atoms with van der Waals surface area (Å²) in [6.45, 7) is 0. The molecule has 1 aromatic heterocycles. The topological polar surface area (TPSA) is 74.8 Å². The molecule has 0 fully saturated rings. The van der Waals surface area contributed by atoms with Gasteiger partial charge in [0.25, 0.3) is 10.0 Å². The molecule has 10 heteroatoms. The third-order valence-electron chi connectivity index (χ3n) is 3.47. The lowest BCUT2D eigenvalue weighted by atomic mass is 10.1. The summed E-state index contributed by atoms with van der Waals surface area (Å²) in [6, 6.07) is 13.3. The highest BCUT2D eigenvalue weighted by Gasteiger charge is 2.38. The summed E-state index contributed by atoms with van der Waals surface area (Å²) in [5.74, 6) is -0.427. The van der Waals surface area contributed by atoms with Crippen molar-refractivity contribution in [3.63, 3.8) is 0 Å². The number of benzene rings is 2. The molecule has 26 heavy (non-hydrogen) atoms. The number of rotatable bonds is 4. The molecule has 2 aromatic carbocycles. The van der Waals surface area contributed by atoms with Gasteiger partial charge in [-0.3, -0.25) is 9.82 Å². The predicted octanol–water partition coefficient (Wildman–Crippen LogP) is 4.66. The van der Waals surface area contributed by atoms with Crippen LogP contribution in [0.25, 0.3) is 11.1 Å². The molecule has 136 valence electrons. The highest BCUT2D eigenvalue weighted by molar-refractivity contribution is 9.10. The second-order valence-electron chi connectivity index (χ2n) is 5.25. The Balaban J connectivity index is 2.11. The van der Waals surface area contributed by atoms with Gasteiger partial charge in [0.15, 0.2) is 5.82 Å². The van der Waals surface area contributed by atoms with Crippen molar-refractivity contribution < 1.29 is 21.6 Å². The zero-order valence-electron chi connectivity index (χ0n) is 12.9. The molecule has 0 amide bonds. The molecule has 0 aliphatic carbocycles. The number of halogens is 4. The van der Waals surface area contributed by atoms with E-state index in [2.05, 4.69) is 25.8 Å². The van der Waals surface area contributed by atoms with Gasteiger partial charge in [-0.05, 0) is 29.8 Å². The van der Waals surface area contributed by atoms with E-state index in [1.165, 1.54) is 36.4 Å². The maximum absolute atomic E-state index is 13.3. The van der Waals surface area contributed by atoms with Gasteiger partial charge in [-0.1, -0.05) is 46.3 Å². The van der Waals surface area contributed by atoms with Crippen molar-refractivity contribution in [1.82, 2.24) is 10.2 Å². The van der Waals surface area contributed by atoms with Crippen LogP contribution in [-0.4, -0.2) is 18.6 Å². The van der Waals surface area contributed by atoms with Crippen molar-refractivity contribution >= 4 is 31.8 Å². The quantitative estimate of drug-likeness (QED) is 0.613. The molecule has 5 nitrogen and oxygen atoms in total. The number of hydrogen-bond acceptors (Lipinski definition) is 3. The van der Waals surface area contributed by atoms with Crippen LogP contribution in [0.2, 0.25) is 0 Å². The van der Waals surface area contributed by atoms with Gasteiger partial charge in [0.2, 0.25) is 0 Å². The Morgan fingerprint density at radius 2 is 1.62 bits per heavy atom. The van der Waals surface area contributed by atoms with Crippen LogP contribution in [0, 0.1) is 0 Å². The van der Waals surface area contributed by atoms with E-state index in [-0.39, 0.29) is 16.0 Å². The third-order valence-corrected chi connectivity index (χ3v) is 5.35. The molecular formula is C16H11BrF3N3O2S. The number of hydrogen-bond donors (Lipinski definition) is 2. The average molecular weight is 446 g/mol. The van der Waals surface area contributed by atoms with Crippen molar-refractivity contribution in [2.75, 3.05) is 4.72 Å². The maximum Gasteiger partial charge on any atom is 0.433 e. The fourth-order valence-corrected chi connectivity index (χ4v) is 3.60. The normalized spacial score (nSPS) is 12.2. The average Bonchev–Trinajstić information content (AvgIpc) is 2.99. The van der Waals surface area contributed by atoms with E-state index in [4.69, 9.17) is 0 Å². The van der Waals surface area contributed by atoms with E-state index < -0.39 is 27.7 Å². The minimum Gasteiger partial charge on any atom is -0.271 e. The van der Waals surface area contributed by atoms with Gasteiger partial charge in [-0.15, -0.1) is 0 Å². The largest absolute Gasteiger partial charge is 0.433 e. The van der Waals surface area contributed by atoms with Gasteiger partial charge in [0.05, 0.1) is 10.5 Å². The van der Waals surface area contributed by atoms with Crippen LogP contribution in [0.3, 0.4) is 0 Å². The fraction of sp³-hybridized carbons (Fsp3) is 0.0625. The van der Waals surface area contributed by atoms with Gasteiger partial charge in [0.1, 0.15) is 5.69 Å². The van der Waals surface area contributed by atoms with E-state index >= 15 is 0 Å². The summed E-state index contributed by atoms with van der Waals surface area (Å²) in [4.78, 5) is -0.0849. The third kappa shape index (κ3) is 3.75. The number of anilines is 1. The number of sulfonamides is 1. The number of nitrogens with one attached hydrogen (secondary N) is 2. The zero-order valence-corrected chi connectivity index (χ0v) is 15.3. The molecule has 0 bridgehead atoms. The Labute approximate surface area is 155 Å². The second kappa shape index (κ2) is 6.76. The number of aromatic nitrogens is 2. The first-order valence-corrected chi connectivity index (χ1v) is 9.45. The zero-order chi connectivity index (χ0) is 18.9. The van der Waals surface area contributed by atoms with Crippen LogP contribution in [0.1, 0.15) is 5.69 Å². The number of H-pyrrole nitrogens is 1. The summed E-state index contributed by atoms with van der Waals surface area (Å²) in [5.41, 5.74) is -1.34. The van der Waals surface area contributed by atoms with Crippen LogP contribution < -0.4 is 4.72 Å². The molecule has 2 N–H and O–H groups in total. The lowest BCUT2D eigenvalue weighted by Crippen LogP contribution is -2.14. The summed E-state index contributed by atoms with van der Waals surface area (Å²) < 4.78 is 67.7. The lowest BCUT2D eigenvalue weighted by molar-refractivity contribution is -0.140. The van der Waals surface area contributed by atoms with Crippen LogP contribution in [0.15, 0.2) is 64.0 Å². The van der Waals surface area contributed by atoms with Gasteiger partial charge < -0.3 is 0 Å². The first-order valence-electron chi connectivity index (χ1n) is 7.18. The van der Waals surface area contributed by atoms with Gasteiger partial charge in [0, 0.05) is 4.47 Å². The van der Waals surface area contributed by atoms with Crippen LogP contribution in [0.4, 0.5) is 19.0 Å². The van der Waals surface area contributed by atoms with Crippen molar-refractivity contribution in [3.8, 4) is 11.1 Å².